The van der Waals surface area contributed by atoms with E-state index in [0.29, 0.717) is 90.3 Å². The van der Waals surface area contributed by atoms with Crippen LogP contribution in [0.15, 0.2) is 58.7 Å². The monoisotopic (exact) mass is 1870 g/mol. The molecule has 4 aliphatic heterocycles. The lowest BCUT2D eigenvalue weighted by Crippen LogP contribution is -2.56. The number of ether oxygens (including phenoxy) is 8. The topological polar surface area (TPSA) is 237 Å². The van der Waals surface area contributed by atoms with Gasteiger partial charge in [-0.2, -0.15) is 0 Å². The number of carbonyl (C=O) groups excluding carboxylic acids is 5. The van der Waals surface area contributed by atoms with E-state index in [-0.39, 0.29) is 119 Å². The first kappa shape index (κ1) is 97.7. The molecule has 0 aromatic heterocycles. The third-order valence-electron chi connectivity index (χ3n) is 43.0. The van der Waals surface area contributed by atoms with Crippen molar-refractivity contribution in [3.05, 3.63) is 58.7 Å². The van der Waals surface area contributed by atoms with E-state index in [1.807, 2.05) is 26.0 Å². The number of Topliss-reactive ketones (excluding diaryl/α,β-unsaturated/α-hetero) is 1. The van der Waals surface area contributed by atoms with Gasteiger partial charge in [0.05, 0.1) is 41.0 Å². The van der Waals surface area contributed by atoms with Gasteiger partial charge >= 0.3 is 24.6 Å². The number of aliphatic hydroxyl groups is 2. The van der Waals surface area contributed by atoms with Crippen LogP contribution in [0.4, 0.5) is 19.2 Å². The number of ketones is 1. The van der Waals surface area contributed by atoms with Crippen LogP contribution in [0, 0.1) is 138 Å². The summed E-state index contributed by atoms with van der Waals surface area (Å²) in [4.78, 5) is 65.1. The Labute approximate surface area is 785 Å². The Bertz CT molecular complexity index is 4690. The van der Waals surface area contributed by atoms with Crippen LogP contribution in [0.2, 0.25) is 72.5 Å². The molecule has 0 aromatic rings. The Kier molecular flexibility index (Phi) is 21.7. The zero-order valence-electron chi connectivity index (χ0n) is 87.2. The fourth-order valence-electron chi connectivity index (χ4n) is 32.1. The average Bonchev–Trinajstić information content (AvgIpc) is 1.50. The summed E-state index contributed by atoms with van der Waals surface area (Å²) in [6.07, 6.45) is 14.5. The second-order valence-electron chi connectivity index (χ2n) is 56.3. The molecule has 728 valence electrons. The van der Waals surface area contributed by atoms with Crippen LogP contribution in [-0.2, 0) is 60.4 Å². The summed E-state index contributed by atoms with van der Waals surface area (Å²) in [7, 11) is -8.44. The highest BCUT2D eigenvalue weighted by Crippen LogP contribution is 2.81. The number of hydrogen-bond donors (Lipinski definition) is 2. The molecule has 0 unspecified atom stereocenters. The zero-order valence-corrected chi connectivity index (χ0v) is 91.2. The summed E-state index contributed by atoms with van der Waals surface area (Å²) in [6.45, 7) is 91.1. The normalized spacial score (nSPS) is 48.5. The van der Waals surface area contributed by atoms with E-state index in [2.05, 4.69) is 265 Å². The van der Waals surface area contributed by atoms with Crippen LogP contribution < -0.4 is 0 Å². The molecule has 0 aromatic carbocycles. The van der Waals surface area contributed by atoms with Crippen LogP contribution in [0.1, 0.15) is 285 Å². The van der Waals surface area contributed by atoms with Crippen LogP contribution in [0.3, 0.4) is 0 Å². The van der Waals surface area contributed by atoms with E-state index < -0.39 is 115 Å². The van der Waals surface area contributed by atoms with E-state index in [1.54, 1.807) is 0 Å². The smallest absolute Gasteiger partial charge is 0.426 e. The predicted octanol–water partition coefficient (Wildman–Crippen LogP) is 24.9. The molecule has 4 heterocycles. The first-order valence-electron chi connectivity index (χ1n) is 50.8. The summed E-state index contributed by atoms with van der Waals surface area (Å²) in [6, 6.07) is 0. The minimum atomic E-state index is -2.18. The van der Waals surface area contributed by atoms with Crippen LogP contribution in [-0.4, -0.2) is 156 Å². The number of carbonyl (C=O) groups is 5. The molecule has 0 radical (unpaired) electrons. The fourth-order valence-corrected chi connectivity index (χ4v) is 37.7. The summed E-state index contributed by atoms with van der Waals surface area (Å²) in [5.74, 6) is 5.68. The molecule has 4 saturated heterocycles. The average molecular weight is 1870 g/mol. The Morgan fingerprint density at radius 2 is 0.669 bits per heavy atom. The van der Waals surface area contributed by atoms with E-state index in [1.165, 1.54) is 24.8 Å². The van der Waals surface area contributed by atoms with Gasteiger partial charge < -0.3 is 65.8 Å². The van der Waals surface area contributed by atoms with E-state index in [9.17, 15) is 34.2 Å². The molecule has 2 bridgehead atoms. The lowest BCUT2D eigenvalue weighted by atomic mass is 9.60. The molecule has 16 fully saturated rings. The van der Waals surface area contributed by atoms with Crippen LogP contribution >= 0.6 is 0 Å². The SMILES string of the molecule is C=C1C=C2[C@]3(C1)OC(=O)O[C@@H]3[C@@H](C)[C@@H](O[Si](C)(C)C(C)(C)C)[C@H]1[C@H]3[C@@H](CC[C@]21C)C3(C)C.CC1=C[C@]23CC[C@@H]4[C@H]([C@@H](C2=O)[C@H](O[Si](C)(C)C(C)(C)C)[C@H](C)[C@H]2OC(=O)O[C@]23C1)C4(C)C.C[C@H]1[C@@H](O[Si](C)(C)C(C)(C)C)[C@H]2[C@H]3[C@@H](CC[C@]2(C)C2=C[C@@](C)(O)C[C@]24OC(=O)O[C@H]14)C3(C)C.C[C@H]1[C@@H](O[Si](C)(C)C(C)(C)C)[C@H]2[C@H]3[C@@H](CC[C@]2(C)C2=C[C@](C)(O)C[C@]24OC(=O)O[C@H]14)C3(C)C. The van der Waals surface area contributed by atoms with Crippen molar-refractivity contribution in [2.24, 2.45) is 138 Å². The predicted molar refractivity (Wildman–Crippen MR) is 514 cm³/mol. The fraction of sp³-hybridized carbons (Fsp3) is 0.860. The number of rotatable bonds is 8. The highest BCUT2D eigenvalue weighted by molar-refractivity contribution is 6.75. The molecule has 20 aliphatic rings. The third kappa shape index (κ3) is 13.7. The second-order valence-corrected chi connectivity index (χ2v) is 75.4. The zero-order chi connectivity index (χ0) is 96.4. The van der Waals surface area contributed by atoms with Gasteiger partial charge in [0.2, 0.25) is 0 Å². The molecule has 2 N–H and O–H groups in total. The van der Waals surface area contributed by atoms with Gasteiger partial charge in [0, 0.05) is 55.3 Å². The molecule has 12 saturated carbocycles. The third-order valence-corrected chi connectivity index (χ3v) is 60.9. The highest BCUT2D eigenvalue weighted by atomic mass is 28.4. The maximum atomic E-state index is 14.7. The van der Waals surface area contributed by atoms with Crippen molar-refractivity contribution in [2.45, 2.75) is 440 Å². The molecule has 19 nitrogen and oxygen atoms in total. The summed E-state index contributed by atoms with van der Waals surface area (Å²) >= 11 is 0. The maximum absolute atomic E-state index is 14.7. The van der Waals surface area contributed by atoms with Crippen molar-refractivity contribution >= 4 is 63.7 Å². The Morgan fingerprint density at radius 1 is 0.377 bits per heavy atom. The minimum absolute atomic E-state index is 0.0155. The molecule has 34 atom stereocenters. The van der Waals surface area contributed by atoms with Crippen molar-refractivity contribution in [3.8, 4) is 0 Å². The first-order valence-corrected chi connectivity index (χ1v) is 62.4. The molecule has 5 spiro atoms. The van der Waals surface area contributed by atoms with Crippen molar-refractivity contribution in [2.75, 3.05) is 0 Å². The van der Waals surface area contributed by atoms with E-state index in [4.69, 9.17) is 55.6 Å². The summed E-state index contributed by atoms with van der Waals surface area (Å²) in [5.41, 5.74) is -0.100. The molecule has 130 heavy (non-hydrogen) atoms. The molecular formula is C107H170O19Si4. The lowest BCUT2D eigenvalue weighted by Gasteiger charge is -2.50. The number of allylic oxidation sites excluding steroid dienone is 1. The Morgan fingerprint density at radius 3 is 1.03 bits per heavy atom. The van der Waals surface area contributed by atoms with Gasteiger partial charge in [0.1, 0.15) is 0 Å². The molecule has 20 rings (SSSR count). The summed E-state index contributed by atoms with van der Waals surface area (Å²) in [5, 5.41) is 22.8. The van der Waals surface area contributed by atoms with Crippen molar-refractivity contribution in [1.82, 2.24) is 0 Å². The van der Waals surface area contributed by atoms with Gasteiger partial charge in [-0.25, -0.2) is 19.2 Å². The Hall–Kier alpha value is -3.92. The van der Waals surface area contributed by atoms with Gasteiger partial charge in [0.25, 0.3) is 0 Å². The van der Waals surface area contributed by atoms with Crippen molar-refractivity contribution in [3.63, 3.8) is 0 Å². The first-order chi connectivity index (χ1) is 58.9. The molecule has 0 amide bonds. The summed E-state index contributed by atoms with van der Waals surface area (Å²) < 4.78 is 77.3. The van der Waals surface area contributed by atoms with Crippen molar-refractivity contribution in [1.29, 1.82) is 0 Å². The van der Waals surface area contributed by atoms with Gasteiger partial charge in [0.15, 0.2) is 85.9 Å². The van der Waals surface area contributed by atoms with Gasteiger partial charge in [-0.05, 0) is 277 Å². The highest BCUT2D eigenvalue weighted by Gasteiger charge is 2.83. The van der Waals surface area contributed by atoms with Gasteiger partial charge in [-0.15, -0.1) is 0 Å². The number of fused-ring (bicyclic) bond motifs is 15. The molecular weight excluding hydrogens is 1700 g/mol. The minimum Gasteiger partial charge on any atom is -0.426 e. The lowest BCUT2D eigenvalue weighted by molar-refractivity contribution is -0.144. The number of hydrogen-bond acceptors (Lipinski definition) is 19. The van der Waals surface area contributed by atoms with Crippen LogP contribution in [0.5, 0.6) is 0 Å². The van der Waals surface area contributed by atoms with Crippen molar-refractivity contribution < 1.29 is 89.8 Å². The largest absolute Gasteiger partial charge is 0.509 e. The van der Waals surface area contributed by atoms with Gasteiger partial charge in [-0.3, -0.25) is 4.79 Å². The van der Waals surface area contributed by atoms with Gasteiger partial charge in [-0.1, -0.05) is 217 Å². The van der Waals surface area contributed by atoms with E-state index >= 15 is 0 Å². The second kappa shape index (κ2) is 28.9. The standard InChI is InChI=1S/2C27H44O5Si.C27H42O4Si.C26H40O5Si/c2*1-15-20(32-33(9,10)23(2,3)4)19-18-16(24(18,5)6)11-12-26(19,8)17-13-25(7,29)14-27(17)21(15)30-22(28)31-27;1-15-13-18-26(8)12-11-17-19(25(17,6)7)20(26)21(31-32(9,10)24(3,4)5)16(2)22-27(18,14-15)30-23(28)29-22;1-14-12-25-11-10-16-18(24(16,6)7)17(20(25)27)19(31-32(8,9)23(3,4)5)15(2)21-26(25,13-14)30-22(28)29-21/h2*13,15-16,18-21,29H,11-12,14H2,1-10H3;13,16-17,19-22H,1,11-12,14H2,2-10H3;12,15-19,21H,10-11,13H2,1-9H3/t15-,16+,18+,19+,20+,21+,25+,26+,27-;15-,16+,18+,19+,20+,21+,25-,26+,27-;16-,17+,19+,20+,21+,22+,26+,27-;15-,16+,17+,18+,19+,21+,25+,26+/m0000/s1. The maximum Gasteiger partial charge on any atom is 0.509 e. The van der Waals surface area contributed by atoms with E-state index in [0.717, 1.165) is 60.3 Å². The molecule has 23 heteroatoms. The van der Waals surface area contributed by atoms with Crippen LogP contribution in [0.25, 0.3) is 0 Å². The molecule has 16 aliphatic carbocycles. The quantitative estimate of drug-likeness (QED) is 0.0994. The Balaban J connectivity index is 0.000000121.